The van der Waals surface area contributed by atoms with Gasteiger partial charge in [0.2, 0.25) is 0 Å². The zero-order valence-electron chi connectivity index (χ0n) is 13.4. The van der Waals surface area contributed by atoms with E-state index in [1.165, 1.54) is 16.7 Å². The minimum atomic E-state index is -1.07. The number of carbonyl (C=O) groups is 2. The van der Waals surface area contributed by atoms with Crippen molar-refractivity contribution in [3.05, 3.63) is 33.5 Å². The molecule has 0 fully saturated rings. The first kappa shape index (κ1) is 17.1. The highest BCUT2D eigenvalue weighted by Crippen LogP contribution is 2.13. The zero-order valence-corrected chi connectivity index (χ0v) is 14.2. The molecule has 0 aliphatic carbocycles. The van der Waals surface area contributed by atoms with Crippen LogP contribution in [0.2, 0.25) is 0 Å². The van der Waals surface area contributed by atoms with Crippen molar-refractivity contribution in [1.29, 1.82) is 0 Å². The van der Waals surface area contributed by atoms with Crippen molar-refractivity contribution in [3.8, 4) is 0 Å². The lowest BCUT2D eigenvalue weighted by molar-refractivity contribution is 0.0691. The van der Waals surface area contributed by atoms with Gasteiger partial charge in [0.05, 0.1) is 24.0 Å². The largest absolute Gasteiger partial charge is 0.476 e. The van der Waals surface area contributed by atoms with Crippen LogP contribution in [0.15, 0.2) is 11.6 Å². The second kappa shape index (κ2) is 7.36. The molecule has 0 saturated heterocycles. The first-order valence-corrected chi connectivity index (χ1v) is 8.30. The molecule has 0 spiro atoms. The molecule has 23 heavy (non-hydrogen) atoms. The molecule has 0 aliphatic heterocycles. The smallest absolute Gasteiger partial charge is 0.355 e. The quantitative estimate of drug-likeness (QED) is 0.808. The highest BCUT2D eigenvalue weighted by Gasteiger charge is 2.17. The van der Waals surface area contributed by atoms with E-state index >= 15 is 0 Å². The van der Waals surface area contributed by atoms with Crippen molar-refractivity contribution >= 4 is 23.2 Å². The number of amides is 1. The second-order valence-corrected chi connectivity index (χ2v) is 6.49. The Bertz CT molecular complexity index is 705. The average molecular weight is 336 g/mol. The van der Waals surface area contributed by atoms with Crippen LogP contribution in [-0.2, 0) is 19.5 Å². The Balaban J connectivity index is 2.05. The van der Waals surface area contributed by atoms with E-state index in [0.717, 1.165) is 18.7 Å². The standard InChI is InChI=1S/C15H20N4O3S/c1-4-12-10(5-17-19(12)7-9(2)3)14(20)16-6-13-18-11(8-23-13)15(21)22/h5,8-9H,4,6-7H2,1-3H3,(H,16,20)(H,21,22). The summed E-state index contributed by atoms with van der Waals surface area (Å²) in [6.07, 6.45) is 2.30. The number of carbonyl (C=O) groups excluding carboxylic acids is 1. The first-order valence-electron chi connectivity index (χ1n) is 7.42. The summed E-state index contributed by atoms with van der Waals surface area (Å²) < 4.78 is 1.87. The summed E-state index contributed by atoms with van der Waals surface area (Å²) in [6, 6.07) is 0. The van der Waals surface area contributed by atoms with Crippen molar-refractivity contribution in [2.24, 2.45) is 5.92 Å². The molecule has 2 rings (SSSR count). The van der Waals surface area contributed by atoms with E-state index in [1.54, 1.807) is 6.20 Å². The van der Waals surface area contributed by atoms with E-state index in [9.17, 15) is 9.59 Å². The highest BCUT2D eigenvalue weighted by atomic mass is 32.1. The maximum atomic E-state index is 12.3. The normalized spacial score (nSPS) is 11.0. The average Bonchev–Trinajstić information content (AvgIpc) is 3.10. The van der Waals surface area contributed by atoms with Crippen LogP contribution in [0, 0.1) is 5.92 Å². The van der Waals surface area contributed by atoms with Crippen molar-refractivity contribution in [1.82, 2.24) is 20.1 Å². The fourth-order valence-corrected chi connectivity index (χ4v) is 2.93. The zero-order chi connectivity index (χ0) is 17.0. The molecule has 0 radical (unpaired) electrons. The van der Waals surface area contributed by atoms with Gasteiger partial charge < -0.3 is 10.4 Å². The lowest BCUT2D eigenvalue weighted by Gasteiger charge is -2.10. The van der Waals surface area contributed by atoms with Crippen LogP contribution in [0.3, 0.4) is 0 Å². The maximum Gasteiger partial charge on any atom is 0.355 e. The number of rotatable bonds is 7. The molecule has 0 aromatic carbocycles. The molecule has 0 aliphatic rings. The summed E-state index contributed by atoms with van der Waals surface area (Å²) >= 11 is 1.21. The van der Waals surface area contributed by atoms with Crippen molar-refractivity contribution in [2.45, 2.75) is 40.3 Å². The van der Waals surface area contributed by atoms with Gasteiger partial charge in [-0.3, -0.25) is 9.48 Å². The van der Waals surface area contributed by atoms with Crippen molar-refractivity contribution < 1.29 is 14.7 Å². The Kier molecular flexibility index (Phi) is 5.49. The van der Waals surface area contributed by atoms with Crippen LogP contribution in [0.1, 0.15) is 52.3 Å². The first-order chi connectivity index (χ1) is 10.9. The Hall–Kier alpha value is -2.22. The number of carboxylic acid groups (broad SMARTS) is 1. The number of thiazole rings is 1. The minimum Gasteiger partial charge on any atom is -0.476 e. The number of hydrogen-bond acceptors (Lipinski definition) is 5. The van der Waals surface area contributed by atoms with Gasteiger partial charge in [0, 0.05) is 11.9 Å². The summed E-state index contributed by atoms with van der Waals surface area (Å²) in [5.74, 6) is -0.841. The molecule has 0 atom stereocenters. The number of nitrogens with one attached hydrogen (secondary N) is 1. The molecule has 8 heteroatoms. The van der Waals surface area contributed by atoms with Crippen LogP contribution in [0.5, 0.6) is 0 Å². The summed E-state index contributed by atoms with van der Waals surface area (Å²) in [6.45, 7) is 7.16. The number of nitrogens with zero attached hydrogens (tertiary/aromatic N) is 3. The van der Waals surface area contributed by atoms with Gasteiger partial charge in [0.25, 0.3) is 5.91 Å². The Morgan fingerprint density at radius 2 is 2.17 bits per heavy atom. The van der Waals surface area contributed by atoms with E-state index in [-0.39, 0.29) is 18.1 Å². The minimum absolute atomic E-state index is 0.00162. The Morgan fingerprint density at radius 1 is 1.43 bits per heavy atom. The summed E-state index contributed by atoms with van der Waals surface area (Å²) in [4.78, 5) is 27.1. The maximum absolute atomic E-state index is 12.3. The lowest BCUT2D eigenvalue weighted by atomic mass is 10.1. The highest BCUT2D eigenvalue weighted by molar-refractivity contribution is 7.09. The number of aromatic carboxylic acids is 1. The molecule has 0 saturated carbocycles. The number of carboxylic acids is 1. The molecule has 2 N–H and O–H groups in total. The molecule has 7 nitrogen and oxygen atoms in total. The molecule has 0 bridgehead atoms. The van der Waals surface area contributed by atoms with E-state index in [1.807, 2.05) is 11.6 Å². The van der Waals surface area contributed by atoms with Crippen LogP contribution in [-0.4, -0.2) is 31.7 Å². The van der Waals surface area contributed by atoms with E-state index in [0.29, 0.717) is 16.5 Å². The summed E-state index contributed by atoms with van der Waals surface area (Å²) in [7, 11) is 0. The summed E-state index contributed by atoms with van der Waals surface area (Å²) in [5, 5.41) is 17.9. The van der Waals surface area contributed by atoms with Crippen molar-refractivity contribution in [2.75, 3.05) is 0 Å². The SMILES string of the molecule is CCc1c(C(=O)NCc2nc(C(=O)O)cs2)cnn1CC(C)C. The molecule has 1 amide bonds. The fourth-order valence-electron chi connectivity index (χ4n) is 2.22. The van der Waals surface area contributed by atoms with Crippen LogP contribution in [0.4, 0.5) is 0 Å². The van der Waals surface area contributed by atoms with Gasteiger partial charge in [0.1, 0.15) is 5.01 Å². The van der Waals surface area contributed by atoms with Gasteiger partial charge in [-0.25, -0.2) is 9.78 Å². The molecular formula is C15H20N4O3S. The van der Waals surface area contributed by atoms with E-state index in [4.69, 9.17) is 5.11 Å². The van der Waals surface area contributed by atoms with Gasteiger partial charge in [0.15, 0.2) is 5.69 Å². The van der Waals surface area contributed by atoms with Crippen LogP contribution < -0.4 is 5.32 Å². The predicted octanol–water partition coefficient (Wildman–Crippen LogP) is 2.19. The van der Waals surface area contributed by atoms with Gasteiger partial charge >= 0.3 is 5.97 Å². The molecule has 2 heterocycles. The van der Waals surface area contributed by atoms with E-state index in [2.05, 4.69) is 29.2 Å². The number of aromatic nitrogens is 3. The van der Waals surface area contributed by atoms with Crippen molar-refractivity contribution in [3.63, 3.8) is 0 Å². The summed E-state index contributed by atoms with van der Waals surface area (Å²) in [5.41, 5.74) is 1.46. The molecular weight excluding hydrogens is 316 g/mol. The molecule has 0 unspecified atom stereocenters. The van der Waals surface area contributed by atoms with Crippen LogP contribution >= 0.6 is 11.3 Å². The van der Waals surface area contributed by atoms with Gasteiger partial charge in [-0.15, -0.1) is 11.3 Å². The van der Waals surface area contributed by atoms with Gasteiger partial charge in [-0.2, -0.15) is 5.10 Å². The Morgan fingerprint density at radius 3 is 2.74 bits per heavy atom. The fraction of sp³-hybridized carbons (Fsp3) is 0.467. The van der Waals surface area contributed by atoms with Gasteiger partial charge in [-0.1, -0.05) is 20.8 Å². The second-order valence-electron chi connectivity index (χ2n) is 5.55. The topological polar surface area (TPSA) is 97.1 Å². The molecule has 2 aromatic rings. The Labute approximate surface area is 138 Å². The monoisotopic (exact) mass is 336 g/mol. The predicted molar refractivity (Wildman–Crippen MR) is 86.7 cm³/mol. The number of hydrogen-bond donors (Lipinski definition) is 2. The lowest BCUT2D eigenvalue weighted by Crippen LogP contribution is -2.24. The van der Waals surface area contributed by atoms with Gasteiger partial charge in [-0.05, 0) is 12.3 Å². The third-order valence-corrected chi connectivity index (χ3v) is 4.09. The third-order valence-electron chi connectivity index (χ3n) is 3.24. The molecule has 124 valence electrons. The van der Waals surface area contributed by atoms with Crippen LogP contribution in [0.25, 0.3) is 0 Å². The third kappa shape index (κ3) is 4.16. The van der Waals surface area contributed by atoms with E-state index < -0.39 is 5.97 Å². The molecule has 2 aromatic heterocycles.